The molecule has 13 heteroatoms. The summed E-state index contributed by atoms with van der Waals surface area (Å²) < 4.78 is 34.5. The standard InChI is InChI=1S/C16H26O7.C6H9BrO2.C4H10O3/c1-5-22-15(17)13(3)11-20-9-7-19-8-10-21-12-14(4)16(18)23-6-2;1-3-9-6(8)5(2)4-7;5-1-3-7-4-2-6/h3-12H2,1-2H3;2-4H2,1H3;5-6H,1-4H2. The molecule has 0 radical (unpaired) electrons. The number of carbonyl (C=O) groups is 3. The van der Waals surface area contributed by atoms with Gasteiger partial charge in [-0.05, 0) is 20.8 Å². The number of aliphatic hydroxyl groups is 2. The molecule has 2 N–H and O–H groups in total. The van der Waals surface area contributed by atoms with Gasteiger partial charge in [0.25, 0.3) is 0 Å². The average Bonchev–Trinajstić information content (AvgIpc) is 2.92. The van der Waals surface area contributed by atoms with Gasteiger partial charge in [-0.15, -0.1) is 0 Å². The van der Waals surface area contributed by atoms with Gasteiger partial charge in [-0.25, -0.2) is 14.4 Å². The molecule has 0 rings (SSSR count). The summed E-state index contributed by atoms with van der Waals surface area (Å²) >= 11 is 3.08. The highest BCUT2D eigenvalue weighted by Crippen LogP contribution is 1.98. The van der Waals surface area contributed by atoms with Crippen molar-refractivity contribution in [3.05, 3.63) is 36.5 Å². The van der Waals surface area contributed by atoms with Gasteiger partial charge in [0.2, 0.25) is 0 Å². The van der Waals surface area contributed by atoms with Crippen LogP contribution in [0.15, 0.2) is 36.5 Å². The van der Waals surface area contributed by atoms with Crippen molar-refractivity contribution in [2.24, 2.45) is 0 Å². The number of esters is 3. The molecule has 0 aliphatic rings. The van der Waals surface area contributed by atoms with Crippen LogP contribution >= 0.6 is 15.9 Å². The van der Waals surface area contributed by atoms with Crippen LogP contribution in [0.1, 0.15) is 20.8 Å². The number of rotatable bonds is 21. The Labute approximate surface area is 240 Å². The van der Waals surface area contributed by atoms with Gasteiger partial charge in [-0.3, -0.25) is 0 Å². The third-order valence-corrected chi connectivity index (χ3v) is 4.30. The van der Waals surface area contributed by atoms with Crippen molar-refractivity contribution in [2.75, 3.05) is 91.2 Å². The average molecular weight is 630 g/mol. The van der Waals surface area contributed by atoms with Gasteiger partial charge in [0.05, 0.1) is 97.0 Å². The number of alkyl halides is 1. The molecule has 0 fully saturated rings. The van der Waals surface area contributed by atoms with E-state index < -0.39 is 11.9 Å². The first-order chi connectivity index (χ1) is 18.7. The number of carbonyl (C=O) groups excluding carboxylic acids is 3. The monoisotopic (exact) mass is 628 g/mol. The van der Waals surface area contributed by atoms with Crippen molar-refractivity contribution in [1.82, 2.24) is 0 Å². The molecule has 0 amide bonds. The number of hydrogen-bond acceptors (Lipinski definition) is 12. The molecule has 0 aromatic rings. The molecule has 0 saturated carbocycles. The molecule has 0 bridgehead atoms. The second-order valence-electron chi connectivity index (χ2n) is 6.88. The van der Waals surface area contributed by atoms with Gasteiger partial charge in [0.1, 0.15) is 0 Å². The summed E-state index contributed by atoms with van der Waals surface area (Å²) in [5.41, 5.74) is 0.997. The van der Waals surface area contributed by atoms with Gasteiger partial charge in [-0.2, -0.15) is 0 Å². The maximum atomic E-state index is 11.2. The highest BCUT2D eigenvalue weighted by Gasteiger charge is 2.08. The Balaban J connectivity index is -0.000000658. The van der Waals surface area contributed by atoms with Crippen LogP contribution < -0.4 is 0 Å². The lowest BCUT2D eigenvalue weighted by molar-refractivity contribution is -0.140. The van der Waals surface area contributed by atoms with Crippen LogP contribution in [-0.4, -0.2) is 119 Å². The molecule has 228 valence electrons. The predicted molar refractivity (Wildman–Crippen MR) is 149 cm³/mol. The SMILES string of the molecule is C=C(CBr)C(=O)OCC.C=C(COCCOCCOCC(=C)C(=O)OCC)C(=O)OCC.OCCOCCO. The minimum atomic E-state index is -0.455. The van der Waals surface area contributed by atoms with E-state index in [0.717, 1.165) is 0 Å². The first kappa shape index (κ1) is 41.4. The molecular weight excluding hydrogens is 584 g/mol. The van der Waals surface area contributed by atoms with Crippen LogP contribution in [0.4, 0.5) is 0 Å². The maximum Gasteiger partial charge on any atom is 0.335 e. The number of halogens is 1. The topological polar surface area (TPSA) is 156 Å². The van der Waals surface area contributed by atoms with Gasteiger partial charge in [0.15, 0.2) is 0 Å². The smallest absolute Gasteiger partial charge is 0.335 e. The van der Waals surface area contributed by atoms with E-state index in [2.05, 4.69) is 45.1 Å². The molecular formula is C26H45BrO12. The molecule has 0 aromatic heterocycles. The summed E-state index contributed by atoms with van der Waals surface area (Å²) in [5, 5.41) is 16.7. The Kier molecular flexibility index (Phi) is 34.0. The summed E-state index contributed by atoms with van der Waals surface area (Å²) in [4.78, 5) is 33.1. The molecule has 39 heavy (non-hydrogen) atoms. The Hall–Kier alpha value is -2.13. The second kappa shape index (κ2) is 32.1. The first-order valence-corrected chi connectivity index (χ1v) is 13.4. The Morgan fingerprint density at radius 2 is 0.872 bits per heavy atom. The van der Waals surface area contributed by atoms with Crippen LogP contribution in [0.25, 0.3) is 0 Å². The molecule has 0 atom stereocenters. The van der Waals surface area contributed by atoms with Crippen LogP contribution in [0.5, 0.6) is 0 Å². The van der Waals surface area contributed by atoms with Crippen molar-refractivity contribution in [1.29, 1.82) is 0 Å². The van der Waals surface area contributed by atoms with E-state index in [4.69, 9.17) is 33.9 Å². The van der Waals surface area contributed by atoms with E-state index in [1.54, 1.807) is 20.8 Å². The lowest BCUT2D eigenvalue weighted by Gasteiger charge is -2.08. The van der Waals surface area contributed by atoms with Crippen molar-refractivity contribution in [3.63, 3.8) is 0 Å². The number of hydrogen-bond donors (Lipinski definition) is 2. The van der Waals surface area contributed by atoms with E-state index >= 15 is 0 Å². The summed E-state index contributed by atoms with van der Waals surface area (Å²) in [6, 6.07) is 0. The summed E-state index contributed by atoms with van der Waals surface area (Å²) in [6.07, 6.45) is 0. The highest BCUT2D eigenvalue weighted by molar-refractivity contribution is 9.09. The molecule has 0 aliphatic carbocycles. The van der Waals surface area contributed by atoms with E-state index in [-0.39, 0.29) is 43.5 Å². The highest BCUT2D eigenvalue weighted by atomic mass is 79.9. The van der Waals surface area contributed by atoms with Crippen LogP contribution in [0, 0.1) is 0 Å². The molecule has 0 heterocycles. The molecule has 0 aromatic carbocycles. The van der Waals surface area contributed by atoms with Gasteiger partial charge < -0.3 is 43.4 Å². The zero-order valence-electron chi connectivity index (χ0n) is 23.4. The lowest BCUT2D eigenvalue weighted by Crippen LogP contribution is -2.15. The molecule has 0 saturated heterocycles. The zero-order valence-corrected chi connectivity index (χ0v) is 25.0. The van der Waals surface area contributed by atoms with Gasteiger partial charge in [0, 0.05) is 10.9 Å². The zero-order chi connectivity index (χ0) is 30.3. The molecule has 0 unspecified atom stereocenters. The quantitative estimate of drug-likeness (QED) is 0.0625. The minimum absolute atomic E-state index is 0.0278. The maximum absolute atomic E-state index is 11.2. The fourth-order valence-electron chi connectivity index (χ4n) is 1.83. The van der Waals surface area contributed by atoms with E-state index in [1.807, 2.05) is 0 Å². The van der Waals surface area contributed by atoms with Crippen LogP contribution in [0.3, 0.4) is 0 Å². The number of aliphatic hydroxyl groups excluding tert-OH is 2. The molecule has 0 spiro atoms. The molecule has 12 nitrogen and oxygen atoms in total. The first-order valence-electron chi connectivity index (χ1n) is 12.3. The largest absolute Gasteiger partial charge is 0.463 e. The summed E-state index contributed by atoms with van der Waals surface area (Å²) in [5.74, 6) is -1.23. The Morgan fingerprint density at radius 3 is 1.18 bits per heavy atom. The van der Waals surface area contributed by atoms with E-state index in [9.17, 15) is 14.4 Å². The van der Waals surface area contributed by atoms with Crippen molar-refractivity contribution < 1.29 is 57.8 Å². The van der Waals surface area contributed by atoms with Crippen molar-refractivity contribution in [2.45, 2.75) is 20.8 Å². The summed E-state index contributed by atoms with van der Waals surface area (Å²) in [6.45, 7) is 19.1. The van der Waals surface area contributed by atoms with Crippen molar-refractivity contribution in [3.8, 4) is 0 Å². The minimum Gasteiger partial charge on any atom is -0.463 e. The predicted octanol–water partition coefficient (Wildman–Crippen LogP) is 1.76. The van der Waals surface area contributed by atoms with Crippen LogP contribution in [0.2, 0.25) is 0 Å². The normalized spacial score (nSPS) is 9.69. The molecule has 0 aliphatic heterocycles. The van der Waals surface area contributed by atoms with Crippen LogP contribution in [-0.2, 0) is 47.5 Å². The third-order valence-electron chi connectivity index (χ3n) is 3.62. The summed E-state index contributed by atoms with van der Waals surface area (Å²) in [7, 11) is 0. The fraction of sp³-hybridized carbons (Fsp3) is 0.654. The van der Waals surface area contributed by atoms with Gasteiger partial charge >= 0.3 is 17.9 Å². The number of ether oxygens (including phenoxy) is 7. The second-order valence-corrected chi connectivity index (χ2v) is 7.44. The van der Waals surface area contributed by atoms with Crippen molar-refractivity contribution >= 4 is 33.8 Å². The lowest BCUT2D eigenvalue weighted by atomic mass is 10.3. The third kappa shape index (κ3) is 30.3. The Bertz CT molecular complexity index is 642. The Morgan fingerprint density at radius 1 is 0.564 bits per heavy atom. The fourth-order valence-corrected chi connectivity index (χ4v) is 2.06. The van der Waals surface area contributed by atoms with E-state index in [0.29, 0.717) is 70.4 Å². The van der Waals surface area contributed by atoms with E-state index in [1.165, 1.54) is 0 Å². The van der Waals surface area contributed by atoms with Gasteiger partial charge in [-0.1, -0.05) is 35.7 Å².